The summed E-state index contributed by atoms with van der Waals surface area (Å²) in [7, 11) is 0. The monoisotopic (exact) mass is 419 g/mol. The number of nitro groups is 1. The first-order chi connectivity index (χ1) is 14.8. The maximum absolute atomic E-state index is 14.0. The smallest absolute Gasteiger partial charge is 0.276 e. The van der Waals surface area contributed by atoms with Crippen LogP contribution in [0.3, 0.4) is 0 Å². The second kappa shape index (κ2) is 7.98. The summed E-state index contributed by atoms with van der Waals surface area (Å²) < 4.78 is 14.0. The van der Waals surface area contributed by atoms with E-state index in [9.17, 15) is 24.1 Å². The van der Waals surface area contributed by atoms with Crippen molar-refractivity contribution in [3.8, 4) is 0 Å². The third-order valence-electron chi connectivity index (χ3n) is 5.30. The Morgan fingerprint density at radius 1 is 1.06 bits per heavy atom. The van der Waals surface area contributed by atoms with Gasteiger partial charge in [-0.15, -0.1) is 0 Å². The van der Waals surface area contributed by atoms with Crippen LogP contribution in [0, 0.1) is 22.9 Å². The SMILES string of the molecule is Cc1c(F)cc(C(=O)Nc2ccc(C(=O)N3CCc4ccccc43)cc2)cc1[N+](=O)[O-]. The number of hydrogen-bond acceptors (Lipinski definition) is 4. The minimum Gasteiger partial charge on any atom is -0.322 e. The Morgan fingerprint density at radius 2 is 1.77 bits per heavy atom. The highest BCUT2D eigenvalue weighted by Gasteiger charge is 2.25. The van der Waals surface area contributed by atoms with E-state index in [0.29, 0.717) is 17.8 Å². The van der Waals surface area contributed by atoms with Gasteiger partial charge < -0.3 is 10.2 Å². The lowest BCUT2D eigenvalue weighted by Crippen LogP contribution is -2.28. The zero-order valence-corrected chi connectivity index (χ0v) is 16.6. The lowest BCUT2D eigenvalue weighted by atomic mass is 10.1. The first-order valence-corrected chi connectivity index (χ1v) is 9.61. The van der Waals surface area contributed by atoms with E-state index < -0.39 is 22.3 Å². The number of rotatable bonds is 4. The van der Waals surface area contributed by atoms with Crippen molar-refractivity contribution < 1.29 is 18.9 Å². The maximum atomic E-state index is 14.0. The average Bonchev–Trinajstić information content (AvgIpc) is 3.19. The zero-order chi connectivity index (χ0) is 22.1. The highest BCUT2D eigenvalue weighted by Crippen LogP contribution is 2.29. The molecule has 1 aliphatic rings. The van der Waals surface area contributed by atoms with Gasteiger partial charge in [-0.1, -0.05) is 18.2 Å². The van der Waals surface area contributed by atoms with Gasteiger partial charge in [0.25, 0.3) is 17.5 Å². The summed E-state index contributed by atoms with van der Waals surface area (Å²) in [6.45, 7) is 1.89. The minimum absolute atomic E-state index is 0.132. The quantitative estimate of drug-likeness (QED) is 0.498. The summed E-state index contributed by atoms with van der Waals surface area (Å²) in [6.07, 6.45) is 0.801. The van der Waals surface area contributed by atoms with Gasteiger partial charge in [0.15, 0.2) is 0 Å². The molecular weight excluding hydrogens is 401 g/mol. The number of carbonyl (C=O) groups is 2. The van der Waals surface area contributed by atoms with E-state index in [1.54, 1.807) is 29.2 Å². The Morgan fingerprint density at radius 3 is 2.48 bits per heavy atom. The van der Waals surface area contributed by atoms with Gasteiger partial charge in [0.2, 0.25) is 0 Å². The molecule has 0 aliphatic carbocycles. The maximum Gasteiger partial charge on any atom is 0.276 e. The number of amides is 2. The van der Waals surface area contributed by atoms with Crippen LogP contribution >= 0.6 is 0 Å². The predicted molar refractivity (Wildman–Crippen MR) is 114 cm³/mol. The summed E-state index contributed by atoms with van der Waals surface area (Å²) in [5.41, 5.74) is 2.11. The molecule has 1 aliphatic heterocycles. The van der Waals surface area contributed by atoms with Crippen LogP contribution in [-0.4, -0.2) is 23.3 Å². The van der Waals surface area contributed by atoms with E-state index in [4.69, 9.17) is 0 Å². The molecule has 0 atom stereocenters. The Kier molecular flexibility index (Phi) is 5.21. The molecule has 2 amide bonds. The molecule has 31 heavy (non-hydrogen) atoms. The molecule has 0 aromatic heterocycles. The van der Waals surface area contributed by atoms with Crippen molar-refractivity contribution in [3.63, 3.8) is 0 Å². The van der Waals surface area contributed by atoms with Gasteiger partial charge in [-0.2, -0.15) is 0 Å². The molecule has 4 rings (SSSR count). The molecule has 0 saturated carbocycles. The van der Waals surface area contributed by atoms with Crippen LogP contribution in [0.25, 0.3) is 0 Å². The van der Waals surface area contributed by atoms with Crippen molar-refractivity contribution >= 4 is 28.9 Å². The lowest BCUT2D eigenvalue weighted by molar-refractivity contribution is -0.385. The Bertz CT molecular complexity index is 1210. The first kappa shape index (κ1) is 20.2. The summed E-state index contributed by atoms with van der Waals surface area (Å²) in [5.74, 6) is -1.65. The highest BCUT2D eigenvalue weighted by molar-refractivity contribution is 6.08. The Hall–Kier alpha value is -4.07. The van der Waals surface area contributed by atoms with Gasteiger partial charge in [-0.05, 0) is 55.3 Å². The van der Waals surface area contributed by atoms with Crippen LogP contribution in [-0.2, 0) is 6.42 Å². The van der Waals surface area contributed by atoms with Crippen LogP contribution in [0.5, 0.6) is 0 Å². The molecule has 1 heterocycles. The number of carbonyl (C=O) groups excluding carboxylic acids is 2. The van der Waals surface area contributed by atoms with Crippen LogP contribution in [0.2, 0.25) is 0 Å². The largest absolute Gasteiger partial charge is 0.322 e. The number of hydrogen-bond donors (Lipinski definition) is 1. The fourth-order valence-corrected chi connectivity index (χ4v) is 3.59. The molecule has 7 nitrogen and oxygen atoms in total. The summed E-state index contributed by atoms with van der Waals surface area (Å²) >= 11 is 0. The molecule has 156 valence electrons. The third kappa shape index (κ3) is 3.87. The molecule has 3 aromatic carbocycles. The third-order valence-corrected chi connectivity index (χ3v) is 5.30. The fourth-order valence-electron chi connectivity index (χ4n) is 3.59. The van der Waals surface area contributed by atoms with Crippen molar-refractivity contribution in [2.24, 2.45) is 0 Å². The van der Waals surface area contributed by atoms with E-state index in [-0.39, 0.29) is 17.0 Å². The molecule has 8 heteroatoms. The number of nitrogens with zero attached hydrogens (tertiary/aromatic N) is 2. The first-order valence-electron chi connectivity index (χ1n) is 9.61. The minimum atomic E-state index is -0.828. The van der Waals surface area contributed by atoms with E-state index in [1.165, 1.54) is 6.92 Å². The van der Waals surface area contributed by atoms with Crippen LogP contribution in [0.15, 0.2) is 60.7 Å². The van der Waals surface area contributed by atoms with Gasteiger partial charge in [0.05, 0.1) is 10.5 Å². The van der Waals surface area contributed by atoms with E-state index in [2.05, 4.69) is 5.32 Å². The number of nitrogens with one attached hydrogen (secondary N) is 1. The van der Waals surface area contributed by atoms with Crippen molar-refractivity contribution in [2.45, 2.75) is 13.3 Å². The number of anilines is 2. The van der Waals surface area contributed by atoms with E-state index in [1.807, 2.05) is 24.3 Å². The van der Waals surface area contributed by atoms with Gasteiger partial charge in [-0.3, -0.25) is 19.7 Å². The second-order valence-corrected chi connectivity index (χ2v) is 7.23. The second-order valence-electron chi connectivity index (χ2n) is 7.23. The zero-order valence-electron chi connectivity index (χ0n) is 16.6. The summed E-state index contributed by atoms with van der Waals surface area (Å²) in [5, 5.41) is 13.6. The summed E-state index contributed by atoms with van der Waals surface area (Å²) in [6, 6.07) is 16.1. The fraction of sp³-hybridized carbons (Fsp3) is 0.130. The van der Waals surface area contributed by atoms with Crippen molar-refractivity contribution in [2.75, 3.05) is 16.8 Å². The predicted octanol–water partition coefficient (Wildman–Crippen LogP) is 4.50. The molecule has 1 N–H and O–H groups in total. The Labute approximate surface area is 177 Å². The van der Waals surface area contributed by atoms with Gasteiger partial charge >= 0.3 is 0 Å². The van der Waals surface area contributed by atoms with Crippen molar-refractivity contribution in [3.05, 3.63) is 98.8 Å². The number of nitro benzene ring substituents is 1. The average molecular weight is 419 g/mol. The molecule has 0 saturated heterocycles. The van der Waals surface area contributed by atoms with Crippen molar-refractivity contribution in [1.82, 2.24) is 0 Å². The lowest BCUT2D eigenvalue weighted by Gasteiger charge is -2.17. The van der Waals surface area contributed by atoms with Crippen molar-refractivity contribution in [1.29, 1.82) is 0 Å². The molecule has 0 bridgehead atoms. The molecule has 0 unspecified atom stereocenters. The number of halogens is 1. The normalized spacial score (nSPS) is 12.4. The number of benzene rings is 3. The Balaban J connectivity index is 1.50. The number of para-hydroxylation sites is 1. The van der Waals surface area contributed by atoms with Gasteiger partial charge in [0.1, 0.15) is 5.82 Å². The van der Waals surface area contributed by atoms with Gasteiger partial charge in [-0.25, -0.2) is 4.39 Å². The molecular formula is C23H18FN3O4. The molecule has 0 fully saturated rings. The van der Waals surface area contributed by atoms with Crippen LogP contribution in [0.1, 0.15) is 31.8 Å². The molecule has 0 radical (unpaired) electrons. The highest BCUT2D eigenvalue weighted by atomic mass is 19.1. The van der Waals surface area contributed by atoms with E-state index in [0.717, 1.165) is 29.8 Å². The van der Waals surface area contributed by atoms with Gasteiger partial charge in [0, 0.05) is 35.1 Å². The molecule has 0 spiro atoms. The standard InChI is InChI=1S/C23H18FN3O4/c1-14-19(24)12-17(13-21(14)27(30)31)22(28)25-18-8-6-16(7-9-18)23(29)26-11-10-15-4-2-3-5-20(15)26/h2-9,12-13H,10-11H2,1H3,(H,25,28). The molecule has 3 aromatic rings. The van der Waals surface area contributed by atoms with E-state index >= 15 is 0 Å². The van der Waals surface area contributed by atoms with Crippen LogP contribution < -0.4 is 10.2 Å². The topological polar surface area (TPSA) is 92.6 Å². The number of fused-ring (bicyclic) bond motifs is 1. The summed E-state index contributed by atoms with van der Waals surface area (Å²) in [4.78, 5) is 37.4. The van der Waals surface area contributed by atoms with Crippen LogP contribution in [0.4, 0.5) is 21.5 Å².